The molecule has 10 heteroatoms. The van der Waals surface area contributed by atoms with Crippen LogP contribution in [0.3, 0.4) is 0 Å². The largest absolute Gasteiger partial charge is 0.358 e. The molecule has 182 valence electrons. The van der Waals surface area contributed by atoms with Gasteiger partial charge in [0, 0.05) is 54.4 Å². The number of likely N-dealkylation sites (N-methyl/N-ethyl adjacent to an activating group) is 1. The number of anilines is 2. The second-order valence-corrected chi connectivity index (χ2v) is 10.5. The molecule has 34 heavy (non-hydrogen) atoms. The number of amides is 2. The van der Waals surface area contributed by atoms with E-state index in [4.69, 9.17) is 0 Å². The highest BCUT2D eigenvalue weighted by molar-refractivity contribution is 7.92. The van der Waals surface area contributed by atoms with Crippen LogP contribution in [0.15, 0.2) is 18.2 Å². The van der Waals surface area contributed by atoms with Crippen LogP contribution in [0.5, 0.6) is 0 Å². The average molecular weight is 486 g/mol. The molecule has 1 aromatic heterocycles. The predicted octanol–water partition coefficient (Wildman–Crippen LogP) is 2.53. The van der Waals surface area contributed by atoms with E-state index in [0.29, 0.717) is 46.9 Å². The summed E-state index contributed by atoms with van der Waals surface area (Å²) in [6.07, 6.45) is 3.55. The summed E-state index contributed by atoms with van der Waals surface area (Å²) in [6, 6.07) is 4.91. The number of carbonyl (C=O) groups excluding carboxylic acids is 2. The van der Waals surface area contributed by atoms with Gasteiger partial charge in [-0.05, 0) is 49.9 Å². The van der Waals surface area contributed by atoms with Gasteiger partial charge in [-0.3, -0.25) is 14.3 Å². The van der Waals surface area contributed by atoms with E-state index < -0.39 is 10.0 Å². The molecule has 0 unspecified atom stereocenters. The van der Waals surface area contributed by atoms with Gasteiger partial charge in [0.15, 0.2) is 0 Å². The third-order valence-electron chi connectivity index (χ3n) is 6.47. The predicted molar refractivity (Wildman–Crippen MR) is 134 cm³/mol. The molecule has 9 nitrogen and oxygen atoms in total. The summed E-state index contributed by atoms with van der Waals surface area (Å²) in [5.74, 6) is -0.256. The van der Waals surface area contributed by atoms with Gasteiger partial charge in [0.25, 0.3) is 11.8 Å². The summed E-state index contributed by atoms with van der Waals surface area (Å²) in [7, 11) is -3.44. The van der Waals surface area contributed by atoms with Crippen LogP contribution >= 0.6 is 0 Å². The van der Waals surface area contributed by atoms with Crippen molar-refractivity contribution in [2.45, 2.75) is 27.2 Å². The molecule has 0 atom stereocenters. The number of hydrogen-bond donors (Lipinski definition) is 3. The summed E-state index contributed by atoms with van der Waals surface area (Å²) in [4.78, 5) is 33.5. The summed E-state index contributed by atoms with van der Waals surface area (Å²) in [5.41, 5.74) is 5.11. The van der Waals surface area contributed by atoms with E-state index in [1.165, 1.54) is 0 Å². The SMILES string of the molecule is CCN(CC)CCN1CCc2[nH]c(C=C3C(=O)Nc4ccc(NS(C)(=O)=O)cc43)c(C)c2C1=O. The maximum absolute atomic E-state index is 13.2. The Labute approximate surface area is 200 Å². The number of nitrogens with one attached hydrogen (secondary N) is 3. The Bertz CT molecular complexity index is 1270. The summed E-state index contributed by atoms with van der Waals surface area (Å²) in [5, 5.41) is 2.81. The van der Waals surface area contributed by atoms with E-state index in [9.17, 15) is 18.0 Å². The van der Waals surface area contributed by atoms with Crippen LogP contribution in [-0.2, 0) is 21.2 Å². The van der Waals surface area contributed by atoms with Crippen LogP contribution < -0.4 is 10.0 Å². The van der Waals surface area contributed by atoms with Gasteiger partial charge in [-0.2, -0.15) is 0 Å². The number of H-pyrrole nitrogens is 1. The standard InChI is InChI=1S/C24H31N5O4S/c1-5-28(6-2)11-12-29-10-9-20-22(24(29)31)15(3)21(25-20)14-18-17-13-16(27-34(4,32)33)7-8-19(17)26-23(18)30/h7-8,13-14,25,27H,5-6,9-12H2,1-4H3,(H,26,30). The normalized spacial score (nSPS) is 16.7. The van der Waals surface area contributed by atoms with E-state index >= 15 is 0 Å². The average Bonchev–Trinajstić information content (AvgIpc) is 3.26. The van der Waals surface area contributed by atoms with E-state index in [-0.39, 0.29) is 11.8 Å². The van der Waals surface area contributed by atoms with Gasteiger partial charge < -0.3 is 20.1 Å². The highest BCUT2D eigenvalue weighted by Gasteiger charge is 2.30. The van der Waals surface area contributed by atoms with Crippen molar-refractivity contribution in [2.24, 2.45) is 0 Å². The molecule has 0 spiro atoms. The minimum Gasteiger partial charge on any atom is -0.358 e. The van der Waals surface area contributed by atoms with E-state index in [1.54, 1.807) is 24.3 Å². The zero-order valence-corrected chi connectivity index (χ0v) is 20.8. The van der Waals surface area contributed by atoms with Crippen molar-refractivity contribution in [2.75, 3.05) is 49.0 Å². The molecular formula is C24H31N5O4S. The van der Waals surface area contributed by atoms with Crippen molar-refractivity contribution in [3.63, 3.8) is 0 Å². The fraction of sp³-hybridized carbons (Fsp3) is 0.417. The minimum atomic E-state index is -3.44. The molecule has 2 amide bonds. The number of aromatic nitrogens is 1. The number of fused-ring (bicyclic) bond motifs is 2. The van der Waals surface area contributed by atoms with Gasteiger partial charge in [0.05, 0.1) is 17.4 Å². The highest BCUT2D eigenvalue weighted by atomic mass is 32.2. The molecule has 0 bridgehead atoms. The van der Waals surface area contributed by atoms with Crippen LogP contribution in [0.2, 0.25) is 0 Å². The van der Waals surface area contributed by atoms with Gasteiger partial charge in [0.2, 0.25) is 10.0 Å². The fourth-order valence-electron chi connectivity index (χ4n) is 4.58. The molecule has 4 rings (SSSR count). The lowest BCUT2D eigenvalue weighted by molar-refractivity contribution is -0.110. The topological polar surface area (TPSA) is 115 Å². The van der Waals surface area contributed by atoms with E-state index in [0.717, 1.165) is 43.6 Å². The van der Waals surface area contributed by atoms with Crippen LogP contribution in [0.1, 0.15) is 46.7 Å². The number of rotatable bonds is 8. The molecule has 0 fully saturated rings. The molecule has 2 aromatic rings. The smallest absolute Gasteiger partial charge is 0.256 e. The Morgan fingerprint density at radius 1 is 1.21 bits per heavy atom. The number of aromatic amines is 1. The van der Waals surface area contributed by atoms with Gasteiger partial charge in [-0.1, -0.05) is 13.8 Å². The van der Waals surface area contributed by atoms with Gasteiger partial charge in [-0.15, -0.1) is 0 Å². The lowest BCUT2D eigenvalue weighted by Crippen LogP contribution is -2.42. The summed E-state index contributed by atoms with van der Waals surface area (Å²) >= 11 is 0. The van der Waals surface area contributed by atoms with Crippen LogP contribution in [0.25, 0.3) is 11.6 Å². The maximum atomic E-state index is 13.2. The van der Waals surface area contributed by atoms with Crippen molar-refractivity contribution in [3.05, 3.63) is 46.3 Å². The third kappa shape index (κ3) is 4.74. The minimum absolute atomic E-state index is 0.0164. The number of sulfonamides is 1. The molecule has 2 aliphatic heterocycles. The molecule has 1 aromatic carbocycles. The summed E-state index contributed by atoms with van der Waals surface area (Å²) < 4.78 is 25.7. The second-order valence-electron chi connectivity index (χ2n) is 8.73. The quantitative estimate of drug-likeness (QED) is 0.497. The first-order valence-electron chi connectivity index (χ1n) is 11.5. The van der Waals surface area contributed by atoms with E-state index in [2.05, 4.69) is 33.8 Å². The molecule has 0 saturated heterocycles. The third-order valence-corrected chi connectivity index (χ3v) is 7.08. The molecule has 3 heterocycles. The van der Waals surface area contributed by atoms with Gasteiger partial charge in [-0.25, -0.2) is 8.42 Å². The number of nitrogens with zero attached hydrogens (tertiary/aromatic N) is 2. The summed E-state index contributed by atoms with van der Waals surface area (Å²) in [6.45, 7) is 10.2. The molecule has 0 aliphatic carbocycles. The zero-order chi connectivity index (χ0) is 24.6. The first-order chi connectivity index (χ1) is 16.1. The van der Waals surface area contributed by atoms with Gasteiger partial charge >= 0.3 is 0 Å². The van der Waals surface area contributed by atoms with Crippen LogP contribution in [0, 0.1) is 6.92 Å². The van der Waals surface area contributed by atoms with E-state index in [1.807, 2.05) is 11.8 Å². The lowest BCUT2D eigenvalue weighted by atomic mass is 10.0. The van der Waals surface area contributed by atoms with Crippen molar-refractivity contribution < 1.29 is 18.0 Å². The lowest BCUT2D eigenvalue weighted by Gasteiger charge is -2.29. The first-order valence-corrected chi connectivity index (χ1v) is 13.4. The van der Waals surface area contributed by atoms with Crippen LogP contribution in [-0.4, -0.2) is 74.0 Å². The Morgan fingerprint density at radius 3 is 2.62 bits per heavy atom. The molecule has 3 N–H and O–H groups in total. The molecule has 2 aliphatic rings. The molecule has 0 saturated carbocycles. The van der Waals surface area contributed by atoms with Crippen molar-refractivity contribution in [1.29, 1.82) is 0 Å². The Morgan fingerprint density at radius 2 is 1.94 bits per heavy atom. The molecule has 0 radical (unpaired) electrons. The monoisotopic (exact) mass is 485 g/mol. The Kier molecular flexibility index (Phi) is 6.55. The maximum Gasteiger partial charge on any atom is 0.256 e. The first kappa shape index (κ1) is 24.0. The number of hydrogen-bond acceptors (Lipinski definition) is 5. The fourth-order valence-corrected chi connectivity index (χ4v) is 5.13. The van der Waals surface area contributed by atoms with Crippen LogP contribution in [0.4, 0.5) is 11.4 Å². The van der Waals surface area contributed by atoms with Crippen molar-refractivity contribution in [1.82, 2.24) is 14.8 Å². The van der Waals surface area contributed by atoms with Crippen molar-refractivity contribution in [3.8, 4) is 0 Å². The molecular weight excluding hydrogens is 454 g/mol. The second kappa shape index (κ2) is 9.27. The van der Waals surface area contributed by atoms with Gasteiger partial charge in [0.1, 0.15) is 0 Å². The highest BCUT2D eigenvalue weighted by Crippen LogP contribution is 2.36. The zero-order valence-electron chi connectivity index (χ0n) is 20.0. The Hall–Kier alpha value is -3.11. The number of benzene rings is 1. The Balaban J connectivity index is 1.63. The van der Waals surface area contributed by atoms with Crippen molar-refractivity contribution >= 4 is 44.9 Å². The number of carbonyl (C=O) groups is 2.